The number of rotatable bonds is 6. The van der Waals surface area contributed by atoms with Crippen LogP contribution in [0, 0.1) is 0 Å². The average molecular weight is 271 g/mol. The van der Waals surface area contributed by atoms with E-state index in [9.17, 15) is 4.79 Å². The van der Waals surface area contributed by atoms with Crippen LogP contribution in [0.4, 0.5) is 5.69 Å². The van der Waals surface area contributed by atoms with Crippen LogP contribution in [0.2, 0.25) is 0 Å². The second-order valence-electron chi connectivity index (χ2n) is 4.54. The van der Waals surface area contributed by atoms with Crippen LogP contribution in [-0.2, 0) is 4.79 Å². The molecule has 1 aromatic carbocycles. The van der Waals surface area contributed by atoms with Crippen LogP contribution in [0.25, 0.3) is 0 Å². The number of nitrogens with one attached hydrogen (secondary N) is 2. The van der Waals surface area contributed by atoms with Gasteiger partial charge >= 0.3 is 0 Å². The summed E-state index contributed by atoms with van der Waals surface area (Å²) in [7, 11) is 1.89. The van der Waals surface area contributed by atoms with Gasteiger partial charge in [-0.3, -0.25) is 4.79 Å². The summed E-state index contributed by atoms with van der Waals surface area (Å²) in [5, 5.41) is 5.96. The number of amides is 1. The van der Waals surface area contributed by atoms with E-state index in [0.717, 1.165) is 18.7 Å². The van der Waals surface area contributed by atoms with Crippen molar-refractivity contribution in [3.05, 3.63) is 29.8 Å². The van der Waals surface area contributed by atoms with Crippen molar-refractivity contribution < 1.29 is 4.79 Å². The standard InChI is InChI=1S/C14H22N2O.ClH/c1-11(2)12-6-4-7-13(10-12)16-14(17)8-5-9-15-3;/h4,6-7,10-11,15H,5,8-9H2,1-3H3,(H,16,17);1H. The van der Waals surface area contributed by atoms with Crippen molar-refractivity contribution in [3.63, 3.8) is 0 Å². The zero-order valence-corrected chi connectivity index (χ0v) is 12.1. The molecule has 0 saturated carbocycles. The third-order valence-corrected chi connectivity index (χ3v) is 2.67. The van der Waals surface area contributed by atoms with Crippen molar-refractivity contribution in [1.29, 1.82) is 0 Å². The van der Waals surface area contributed by atoms with Crippen LogP contribution in [0.15, 0.2) is 24.3 Å². The number of benzene rings is 1. The van der Waals surface area contributed by atoms with Crippen molar-refractivity contribution in [3.8, 4) is 0 Å². The van der Waals surface area contributed by atoms with Crippen LogP contribution in [-0.4, -0.2) is 19.5 Å². The van der Waals surface area contributed by atoms with Crippen LogP contribution in [0.1, 0.15) is 38.2 Å². The monoisotopic (exact) mass is 270 g/mol. The third-order valence-electron chi connectivity index (χ3n) is 2.67. The Morgan fingerprint density at radius 3 is 2.67 bits per heavy atom. The van der Waals surface area contributed by atoms with E-state index >= 15 is 0 Å². The molecule has 1 amide bonds. The van der Waals surface area contributed by atoms with Gasteiger partial charge in [-0.15, -0.1) is 12.4 Å². The average Bonchev–Trinajstić information content (AvgIpc) is 2.29. The molecule has 0 atom stereocenters. The Morgan fingerprint density at radius 2 is 2.06 bits per heavy atom. The Labute approximate surface area is 116 Å². The molecule has 0 unspecified atom stereocenters. The summed E-state index contributed by atoms with van der Waals surface area (Å²) in [5.41, 5.74) is 2.14. The minimum Gasteiger partial charge on any atom is -0.326 e. The van der Waals surface area contributed by atoms with Crippen molar-refractivity contribution in [2.75, 3.05) is 18.9 Å². The van der Waals surface area contributed by atoms with Gasteiger partial charge in [0.15, 0.2) is 0 Å². The molecule has 0 aromatic heterocycles. The molecular formula is C14H23ClN2O. The first-order valence-electron chi connectivity index (χ1n) is 6.18. The molecule has 0 radical (unpaired) electrons. The lowest BCUT2D eigenvalue weighted by Gasteiger charge is -2.09. The molecule has 0 fully saturated rings. The molecule has 1 rings (SSSR count). The van der Waals surface area contributed by atoms with Crippen LogP contribution < -0.4 is 10.6 Å². The molecule has 102 valence electrons. The van der Waals surface area contributed by atoms with E-state index < -0.39 is 0 Å². The van der Waals surface area contributed by atoms with Gasteiger partial charge in [0.25, 0.3) is 0 Å². The van der Waals surface area contributed by atoms with Crippen molar-refractivity contribution >= 4 is 24.0 Å². The minimum absolute atomic E-state index is 0. The first kappa shape index (κ1) is 16.9. The number of hydrogen-bond acceptors (Lipinski definition) is 2. The lowest BCUT2D eigenvalue weighted by molar-refractivity contribution is -0.116. The summed E-state index contributed by atoms with van der Waals surface area (Å²) in [4.78, 5) is 11.6. The van der Waals surface area contributed by atoms with Gasteiger partial charge in [0.05, 0.1) is 0 Å². The van der Waals surface area contributed by atoms with Gasteiger partial charge < -0.3 is 10.6 Å². The topological polar surface area (TPSA) is 41.1 Å². The molecule has 2 N–H and O–H groups in total. The number of halogens is 1. The summed E-state index contributed by atoms with van der Waals surface area (Å²) in [5.74, 6) is 0.567. The molecule has 0 heterocycles. The number of carbonyl (C=O) groups excluding carboxylic acids is 1. The maximum absolute atomic E-state index is 11.6. The molecule has 0 aliphatic heterocycles. The molecule has 1 aromatic rings. The Hall–Kier alpha value is -1.06. The fourth-order valence-electron chi connectivity index (χ4n) is 1.62. The number of carbonyl (C=O) groups is 1. The van der Waals surface area contributed by atoms with E-state index in [1.54, 1.807) is 0 Å². The highest BCUT2D eigenvalue weighted by molar-refractivity contribution is 5.90. The maximum atomic E-state index is 11.6. The molecule has 0 spiro atoms. The summed E-state index contributed by atoms with van der Waals surface area (Å²) in [6, 6.07) is 8.04. The second kappa shape index (κ2) is 8.95. The summed E-state index contributed by atoms with van der Waals surface area (Å²) < 4.78 is 0. The third kappa shape index (κ3) is 6.03. The molecule has 0 saturated heterocycles. The van der Waals surface area contributed by atoms with Crippen molar-refractivity contribution in [2.45, 2.75) is 32.6 Å². The fourth-order valence-corrected chi connectivity index (χ4v) is 1.62. The summed E-state index contributed by atoms with van der Waals surface area (Å²) >= 11 is 0. The highest BCUT2D eigenvalue weighted by Gasteiger charge is 2.04. The van der Waals surface area contributed by atoms with Gasteiger partial charge in [0.2, 0.25) is 5.91 Å². The highest BCUT2D eigenvalue weighted by atomic mass is 35.5. The van der Waals surface area contributed by atoms with E-state index in [2.05, 4.69) is 30.5 Å². The largest absolute Gasteiger partial charge is 0.326 e. The fraction of sp³-hybridized carbons (Fsp3) is 0.500. The Bertz CT molecular complexity index is 367. The quantitative estimate of drug-likeness (QED) is 0.780. The summed E-state index contributed by atoms with van der Waals surface area (Å²) in [6.07, 6.45) is 1.43. The van der Waals surface area contributed by atoms with Gasteiger partial charge in [0.1, 0.15) is 0 Å². The Balaban J connectivity index is 0.00000289. The Morgan fingerprint density at radius 1 is 1.33 bits per heavy atom. The van der Waals surface area contributed by atoms with Crippen LogP contribution in [0.5, 0.6) is 0 Å². The van der Waals surface area contributed by atoms with Crippen molar-refractivity contribution in [2.24, 2.45) is 0 Å². The van der Waals surface area contributed by atoms with Gasteiger partial charge in [-0.25, -0.2) is 0 Å². The zero-order chi connectivity index (χ0) is 12.7. The minimum atomic E-state index is 0. The van der Waals surface area contributed by atoms with Gasteiger partial charge in [-0.05, 0) is 43.6 Å². The maximum Gasteiger partial charge on any atom is 0.224 e. The smallest absolute Gasteiger partial charge is 0.224 e. The van der Waals surface area contributed by atoms with Gasteiger partial charge in [0, 0.05) is 12.1 Å². The van der Waals surface area contributed by atoms with Gasteiger partial charge in [-0.2, -0.15) is 0 Å². The summed E-state index contributed by atoms with van der Waals surface area (Å²) in [6.45, 7) is 5.17. The van der Waals surface area contributed by atoms with Crippen LogP contribution in [0.3, 0.4) is 0 Å². The molecule has 3 nitrogen and oxygen atoms in total. The van der Waals surface area contributed by atoms with E-state index in [-0.39, 0.29) is 18.3 Å². The number of hydrogen-bond donors (Lipinski definition) is 2. The Kier molecular flexibility index (Phi) is 8.42. The lowest BCUT2D eigenvalue weighted by atomic mass is 10.0. The number of anilines is 1. The van der Waals surface area contributed by atoms with Gasteiger partial charge in [-0.1, -0.05) is 26.0 Å². The first-order chi connectivity index (χ1) is 8.13. The van der Waals surface area contributed by atoms with E-state index in [0.29, 0.717) is 12.3 Å². The second-order valence-corrected chi connectivity index (χ2v) is 4.54. The van der Waals surface area contributed by atoms with E-state index in [1.807, 2.05) is 25.2 Å². The normalized spacial score (nSPS) is 10.0. The molecule has 0 aliphatic rings. The molecule has 0 aliphatic carbocycles. The predicted octanol–water partition coefficient (Wildman–Crippen LogP) is 3.17. The lowest BCUT2D eigenvalue weighted by Crippen LogP contribution is -2.15. The van der Waals surface area contributed by atoms with Crippen LogP contribution >= 0.6 is 12.4 Å². The van der Waals surface area contributed by atoms with E-state index in [4.69, 9.17) is 0 Å². The van der Waals surface area contributed by atoms with Crippen molar-refractivity contribution in [1.82, 2.24) is 5.32 Å². The molecular weight excluding hydrogens is 248 g/mol. The molecule has 0 bridgehead atoms. The first-order valence-corrected chi connectivity index (χ1v) is 6.18. The zero-order valence-electron chi connectivity index (χ0n) is 11.3. The predicted molar refractivity (Wildman–Crippen MR) is 79.6 cm³/mol. The SMILES string of the molecule is CNCCCC(=O)Nc1cccc(C(C)C)c1.Cl. The molecule has 18 heavy (non-hydrogen) atoms. The molecule has 4 heteroatoms. The highest BCUT2D eigenvalue weighted by Crippen LogP contribution is 2.18. The van der Waals surface area contributed by atoms with E-state index in [1.165, 1.54) is 5.56 Å².